The first-order chi connectivity index (χ1) is 7.93. The quantitative estimate of drug-likeness (QED) is 0.705. The zero-order valence-electron chi connectivity index (χ0n) is 10.4. The molecule has 0 N–H and O–H groups in total. The lowest BCUT2D eigenvalue weighted by atomic mass is 9.96. The van der Waals surface area contributed by atoms with Gasteiger partial charge in [-0.1, -0.05) is 20.8 Å². The standard InChI is InChI=1S/C12H15N3O2/c1-12(2,3)11-14-13-9-6-5-8(7-15(9)11)10(16)17-4/h5-7H,1-4H3. The van der Waals surface area contributed by atoms with Crippen molar-refractivity contribution in [3.05, 3.63) is 29.7 Å². The van der Waals surface area contributed by atoms with Gasteiger partial charge in [-0.2, -0.15) is 0 Å². The Labute approximate surface area is 99.4 Å². The number of carbonyl (C=O) groups is 1. The summed E-state index contributed by atoms with van der Waals surface area (Å²) in [5, 5.41) is 8.23. The Bertz CT molecular complexity index is 567. The molecule has 17 heavy (non-hydrogen) atoms. The smallest absolute Gasteiger partial charge is 0.339 e. The Hall–Kier alpha value is -1.91. The van der Waals surface area contributed by atoms with Crippen molar-refractivity contribution < 1.29 is 9.53 Å². The minimum Gasteiger partial charge on any atom is -0.465 e. The second-order valence-electron chi connectivity index (χ2n) is 4.91. The van der Waals surface area contributed by atoms with E-state index in [4.69, 9.17) is 4.74 Å². The van der Waals surface area contributed by atoms with E-state index in [1.807, 2.05) is 25.2 Å². The summed E-state index contributed by atoms with van der Waals surface area (Å²) in [5.41, 5.74) is 1.08. The van der Waals surface area contributed by atoms with E-state index in [2.05, 4.69) is 10.2 Å². The summed E-state index contributed by atoms with van der Waals surface area (Å²) in [6.07, 6.45) is 1.71. The van der Waals surface area contributed by atoms with Gasteiger partial charge in [0.2, 0.25) is 0 Å². The van der Waals surface area contributed by atoms with Gasteiger partial charge in [0.15, 0.2) is 5.65 Å². The van der Waals surface area contributed by atoms with Crippen LogP contribution < -0.4 is 0 Å². The van der Waals surface area contributed by atoms with E-state index in [1.165, 1.54) is 7.11 Å². The lowest BCUT2D eigenvalue weighted by molar-refractivity contribution is 0.0600. The molecule has 0 amide bonds. The number of methoxy groups -OCH3 is 1. The molecule has 2 rings (SSSR count). The number of pyridine rings is 1. The van der Waals surface area contributed by atoms with Crippen LogP contribution in [-0.4, -0.2) is 27.7 Å². The molecule has 0 atom stereocenters. The summed E-state index contributed by atoms with van der Waals surface area (Å²) in [4.78, 5) is 11.5. The molecule has 0 aliphatic heterocycles. The highest BCUT2D eigenvalue weighted by Gasteiger charge is 2.21. The summed E-state index contributed by atoms with van der Waals surface area (Å²) < 4.78 is 6.52. The maximum absolute atomic E-state index is 11.5. The molecule has 0 fully saturated rings. The molecule has 0 spiro atoms. The van der Waals surface area contributed by atoms with Crippen LogP contribution in [0.5, 0.6) is 0 Å². The van der Waals surface area contributed by atoms with Crippen LogP contribution in [0.25, 0.3) is 5.65 Å². The van der Waals surface area contributed by atoms with Crippen molar-refractivity contribution in [2.45, 2.75) is 26.2 Å². The van der Waals surface area contributed by atoms with Crippen LogP contribution in [0.2, 0.25) is 0 Å². The van der Waals surface area contributed by atoms with E-state index in [9.17, 15) is 4.79 Å². The number of esters is 1. The topological polar surface area (TPSA) is 56.5 Å². The number of aromatic nitrogens is 3. The molecule has 2 heterocycles. The largest absolute Gasteiger partial charge is 0.465 e. The van der Waals surface area contributed by atoms with Gasteiger partial charge < -0.3 is 4.74 Å². The molecule has 0 aromatic carbocycles. The predicted molar refractivity (Wildman–Crippen MR) is 63.0 cm³/mol. The van der Waals surface area contributed by atoms with Crippen molar-refractivity contribution in [2.24, 2.45) is 0 Å². The molecular formula is C12H15N3O2. The fourth-order valence-electron chi connectivity index (χ4n) is 1.64. The molecule has 0 bridgehead atoms. The lowest BCUT2D eigenvalue weighted by Gasteiger charge is -2.15. The maximum Gasteiger partial charge on any atom is 0.339 e. The molecule has 2 aromatic heterocycles. The highest BCUT2D eigenvalue weighted by molar-refractivity contribution is 5.89. The van der Waals surface area contributed by atoms with Crippen molar-refractivity contribution in [1.82, 2.24) is 14.6 Å². The number of ether oxygens (including phenoxy) is 1. The van der Waals surface area contributed by atoms with E-state index < -0.39 is 0 Å². The van der Waals surface area contributed by atoms with E-state index in [1.54, 1.807) is 18.3 Å². The van der Waals surface area contributed by atoms with Gasteiger partial charge in [0, 0.05) is 11.6 Å². The first-order valence-electron chi connectivity index (χ1n) is 5.37. The summed E-state index contributed by atoms with van der Waals surface area (Å²) in [7, 11) is 1.36. The third kappa shape index (κ3) is 2.00. The Morgan fingerprint density at radius 1 is 1.29 bits per heavy atom. The first-order valence-corrected chi connectivity index (χ1v) is 5.37. The normalized spacial score (nSPS) is 11.8. The SMILES string of the molecule is COC(=O)c1ccc2nnc(C(C)(C)C)n2c1. The zero-order valence-corrected chi connectivity index (χ0v) is 10.4. The first kappa shape index (κ1) is 11.6. The number of rotatable bonds is 1. The molecular weight excluding hydrogens is 218 g/mol. The second-order valence-corrected chi connectivity index (χ2v) is 4.91. The number of fused-ring (bicyclic) bond motifs is 1. The monoisotopic (exact) mass is 233 g/mol. The average Bonchev–Trinajstić information content (AvgIpc) is 2.70. The number of nitrogens with zero attached hydrogens (tertiary/aromatic N) is 3. The molecule has 0 radical (unpaired) electrons. The molecule has 0 aliphatic carbocycles. The zero-order chi connectivity index (χ0) is 12.6. The highest BCUT2D eigenvalue weighted by Crippen LogP contribution is 2.21. The number of hydrogen-bond acceptors (Lipinski definition) is 4. The van der Waals surface area contributed by atoms with E-state index in [0.29, 0.717) is 5.56 Å². The highest BCUT2D eigenvalue weighted by atomic mass is 16.5. The predicted octanol–water partition coefficient (Wildman–Crippen LogP) is 1.81. The maximum atomic E-state index is 11.5. The Morgan fingerprint density at radius 3 is 2.59 bits per heavy atom. The van der Waals surface area contributed by atoms with Crippen molar-refractivity contribution in [3.63, 3.8) is 0 Å². The van der Waals surface area contributed by atoms with Gasteiger partial charge in [-0.15, -0.1) is 10.2 Å². The number of carbonyl (C=O) groups excluding carboxylic acids is 1. The van der Waals surface area contributed by atoms with Crippen molar-refractivity contribution in [3.8, 4) is 0 Å². The van der Waals surface area contributed by atoms with E-state index >= 15 is 0 Å². The van der Waals surface area contributed by atoms with Gasteiger partial charge in [-0.3, -0.25) is 4.40 Å². The van der Waals surface area contributed by atoms with Crippen LogP contribution in [0.1, 0.15) is 37.0 Å². The van der Waals surface area contributed by atoms with Gasteiger partial charge in [0.05, 0.1) is 12.7 Å². The van der Waals surface area contributed by atoms with Crippen molar-refractivity contribution in [2.75, 3.05) is 7.11 Å². The molecule has 5 nitrogen and oxygen atoms in total. The summed E-state index contributed by atoms with van der Waals surface area (Å²) >= 11 is 0. The average molecular weight is 233 g/mol. The molecule has 2 aromatic rings. The fraction of sp³-hybridized carbons (Fsp3) is 0.417. The van der Waals surface area contributed by atoms with Crippen LogP contribution >= 0.6 is 0 Å². The lowest BCUT2D eigenvalue weighted by Crippen LogP contribution is -2.16. The summed E-state index contributed by atoms with van der Waals surface area (Å²) in [6, 6.07) is 3.44. The molecule has 90 valence electrons. The Morgan fingerprint density at radius 2 is 2.00 bits per heavy atom. The van der Waals surface area contributed by atoms with Crippen molar-refractivity contribution >= 4 is 11.6 Å². The minimum atomic E-state index is -0.361. The van der Waals surface area contributed by atoms with Crippen LogP contribution in [0.15, 0.2) is 18.3 Å². The van der Waals surface area contributed by atoms with E-state index in [0.717, 1.165) is 11.5 Å². The van der Waals surface area contributed by atoms with Crippen LogP contribution in [0.4, 0.5) is 0 Å². The molecule has 0 saturated heterocycles. The van der Waals surface area contributed by atoms with Gasteiger partial charge in [-0.25, -0.2) is 4.79 Å². The third-order valence-corrected chi connectivity index (χ3v) is 2.49. The Balaban J connectivity index is 2.62. The van der Waals surface area contributed by atoms with Gasteiger partial charge >= 0.3 is 5.97 Å². The Kier molecular flexibility index (Phi) is 2.61. The van der Waals surface area contributed by atoms with Gasteiger partial charge in [-0.05, 0) is 12.1 Å². The summed E-state index contributed by atoms with van der Waals surface area (Å²) in [6.45, 7) is 6.15. The fourth-order valence-corrected chi connectivity index (χ4v) is 1.64. The molecule has 5 heteroatoms. The van der Waals surface area contributed by atoms with Gasteiger partial charge in [0.1, 0.15) is 5.82 Å². The van der Waals surface area contributed by atoms with Crippen LogP contribution in [0.3, 0.4) is 0 Å². The van der Waals surface area contributed by atoms with Crippen LogP contribution in [-0.2, 0) is 10.2 Å². The van der Waals surface area contributed by atoms with Crippen molar-refractivity contribution in [1.29, 1.82) is 0 Å². The molecule has 0 aliphatic rings. The number of hydrogen-bond donors (Lipinski definition) is 0. The summed E-state index contributed by atoms with van der Waals surface area (Å²) in [5.74, 6) is 0.457. The minimum absolute atomic E-state index is 0.131. The molecule has 0 unspecified atom stereocenters. The second kappa shape index (κ2) is 3.84. The van der Waals surface area contributed by atoms with Gasteiger partial charge in [0.25, 0.3) is 0 Å². The third-order valence-electron chi connectivity index (χ3n) is 2.49. The van der Waals surface area contributed by atoms with Crippen LogP contribution in [0, 0.1) is 0 Å². The molecule has 0 saturated carbocycles. The van der Waals surface area contributed by atoms with E-state index in [-0.39, 0.29) is 11.4 Å².